The van der Waals surface area contributed by atoms with Gasteiger partial charge in [0.2, 0.25) is 0 Å². The van der Waals surface area contributed by atoms with Gasteiger partial charge in [-0.25, -0.2) is 4.21 Å². The van der Waals surface area contributed by atoms with Gasteiger partial charge in [-0.2, -0.15) is 4.36 Å². The van der Waals surface area contributed by atoms with Crippen molar-refractivity contribution in [1.82, 2.24) is 5.32 Å². The molecule has 0 aliphatic carbocycles. The molecule has 0 aliphatic rings. The first-order chi connectivity index (χ1) is 4.45. The van der Waals surface area contributed by atoms with Gasteiger partial charge >= 0.3 is 0 Å². The summed E-state index contributed by atoms with van der Waals surface area (Å²) in [6, 6.07) is 0. The van der Waals surface area contributed by atoms with Gasteiger partial charge in [0.15, 0.2) is 0 Å². The molecular formula is C5H12N2O2S. The van der Waals surface area contributed by atoms with Crippen LogP contribution in [0.2, 0.25) is 0 Å². The van der Waals surface area contributed by atoms with Crippen LogP contribution in [-0.4, -0.2) is 36.2 Å². The van der Waals surface area contributed by atoms with Crippen LogP contribution >= 0.6 is 0 Å². The Labute approximate surface area is 61.2 Å². The SMILES string of the molecule is CNCC(=O)N=S(C)(C)=O. The molecular weight excluding hydrogens is 152 g/mol. The fraction of sp³-hybridized carbons (Fsp3) is 0.800. The van der Waals surface area contributed by atoms with Crippen molar-refractivity contribution in [2.75, 3.05) is 26.1 Å². The van der Waals surface area contributed by atoms with Crippen molar-refractivity contribution in [2.45, 2.75) is 0 Å². The van der Waals surface area contributed by atoms with E-state index in [0.717, 1.165) is 0 Å². The molecule has 0 aromatic rings. The van der Waals surface area contributed by atoms with Gasteiger partial charge in [-0.15, -0.1) is 0 Å². The largest absolute Gasteiger partial charge is 0.311 e. The van der Waals surface area contributed by atoms with Crippen LogP contribution in [0.15, 0.2) is 4.36 Å². The van der Waals surface area contributed by atoms with Crippen LogP contribution in [0.1, 0.15) is 0 Å². The van der Waals surface area contributed by atoms with Crippen LogP contribution in [0, 0.1) is 0 Å². The lowest BCUT2D eigenvalue weighted by molar-refractivity contribution is -0.116. The number of nitrogens with one attached hydrogen (secondary N) is 1. The van der Waals surface area contributed by atoms with Crippen molar-refractivity contribution in [3.63, 3.8) is 0 Å². The molecule has 60 valence electrons. The summed E-state index contributed by atoms with van der Waals surface area (Å²) < 4.78 is 14.3. The highest BCUT2D eigenvalue weighted by Crippen LogP contribution is 1.83. The normalized spacial score (nSPS) is 11.1. The molecule has 0 aliphatic heterocycles. The molecule has 0 heterocycles. The maximum absolute atomic E-state index is 10.9. The van der Waals surface area contributed by atoms with Crippen LogP contribution in [-0.2, 0) is 14.5 Å². The van der Waals surface area contributed by atoms with Gasteiger partial charge in [-0.05, 0) is 7.05 Å². The molecule has 0 fully saturated rings. The summed E-state index contributed by atoms with van der Waals surface area (Å²) in [5.74, 6) is -0.363. The Morgan fingerprint density at radius 1 is 1.60 bits per heavy atom. The molecule has 0 rings (SSSR count). The monoisotopic (exact) mass is 164 g/mol. The lowest BCUT2D eigenvalue weighted by Crippen LogP contribution is -2.17. The average molecular weight is 164 g/mol. The second kappa shape index (κ2) is 3.68. The second-order valence-electron chi connectivity index (χ2n) is 2.20. The number of amides is 1. The van der Waals surface area contributed by atoms with Crippen LogP contribution in [0.5, 0.6) is 0 Å². The van der Waals surface area contributed by atoms with E-state index in [-0.39, 0.29) is 12.5 Å². The van der Waals surface area contributed by atoms with Gasteiger partial charge in [0.05, 0.1) is 6.54 Å². The van der Waals surface area contributed by atoms with Gasteiger partial charge < -0.3 is 5.32 Å². The van der Waals surface area contributed by atoms with Crippen LogP contribution in [0.4, 0.5) is 0 Å². The molecule has 1 N–H and O–H groups in total. The maximum atomic E-state index is 10.9. The molecule has 0 bridgehead atoms. The van der Waals surface area contributed by atoms with Gasteiger partial charge in [0, 0.05) is 22.2 Å². The van der Waals surface area contributed by atoms with E-state index in [1.807, 2.05) is 0 Å². The topological polar surface area (TPSA) is 58.5 Å². The summed E-state index contributed by atoms with van der Waals surface area (Å²) >= 11 is 0. The van der Waals surface area contributed by atoms with Crippen molar-refractivity contribution >= 4 is 15.6 Å². The Morgan fingerprint density at radius 3 is 2.40 bits per heavy atom. The van der Waals surface area contributed by atoms with E-state index in [9.17, 15) is 9.00 Å². The molecule has 4 nitrogen and oxygen atoms in total. The Balaban J connectivity index is 4.16. The van der Waals surface area contributed by atoms with E-state index in [4.69, 9.17) is 0 Å². The average Bonchev–Trinajstić information content (AvgIpc) is 1.59. The van der Waals surface area contributed by atoms with Crippen molar-refractivity contribution < 1.29 is 9.00 Å². The lowest BCUT2D eigenvalue weighted by Gasteiger charge is -1.93. The van der Waals surface area contributed by atoms with E-state index in [0.29, 0.717) is 0 Å². The van der Waals surface area contributed by atoms with Gasteiger partial charge in [-0.3, -0.25) is 4.79 Å². The molecule has 0 unspecified atom stereocenters. The number of hydrogen-bond acceptors (Lipinski definition) is 3. The van der Waals surface area contributed by atoms with E-state index in [1.165, 1.54) is 12.5 Å². The maximum Gasteiger partial charge on any atom is 0.267 e. The number of likely N-dealkylation sites (N-methyl/N-ethyl adjacent to an activating group) is 1. The summed E-state index contributed by atoms with van der Waals surface area (Å²) in [7, 11) is -0.621. The fourth-order valence-electron chi connectivity index (χ4n) is 0.429. The predicted octanol–water partition coefficient (Wildman–Crippen LogP) is -0.540. The highest BCUT2D eigenvalue weighted by atomic mass is 32.2. The van der Waals surface area contributed by atoms with Gasteiger partial charge in [-0.1, -0.05) is 0 Å². The zero-order valence-corrected chi connectivity index (χ0v) is 7.20. The summed E-state index contributed by atoms with van der Waals surface area (Å²) in [6.45, 7) is 0.151. The standard InChI is InChI=1S/C5H12N2O2S/c1-6-4-5(8)7-10(2,3)9/h6H,4H2,1-3H3. The molecule has 0 spiro atoms. The van der Waals surface area contributed by atoms with Crippen LogP contribution < -0.4 is 5.32 Å². The highest BCUT2D eigenvalue weighted by Gasteiger charge is 1.97. The van der Waals surface area contributed by atoms with E-state index >= 15 is 0 Å². The molecule has 1 amide bonds. The van der Waals surface area contributed by atoms with Gasteiger partial charge in [0.25, 0.3) is 5.91 Å². The minimum atomic E-state index is -2.26. The number of carbonyl (C=O) groups is 1. The molecule has 0 aromatic carbocycles. The first-order valence-electron chi connectivity index (χ1n) is 2.80. The quantitative estimate of drug-likeness (QED) is 0.596. The number of carbonyl (C=O) groups excluding carboxylic acids is 1. The summed E-state index contributed by atoms with van der Waals surface area (Å²) in [4.78, 5) is 10.7. The second-order valence-corrected chi connectivity index (χ2v) is 4.74. The van der Waals surface area contributed by atoms with Crippen molar-refractivity contribution in [2.24, 2.45) is 4.36 Å². The summed E-state index contributed by atoms with van der Waals surface area (Å²) in [6.07, 6.45) is 2.86. The Bertz CT molecular complexity index is 220. The summed E-state index contributed by atoms with van der Waals surface area (Å²) in [5.41, 5.74) is 0. The Hall–Kier alpha value is -0.420. The molecule has 0 radical (unpaired) electrons. The van der Waals surface area contributed by atoms with Crippen LogP contribution in [0.25, 0.3) is 0 Å². The van der Waals surface area contributed by atoms with Crippen molar-refractivity contribution in [1.29, 1.82) is 0 Å². The smallest absolute Gasteiger partial charge is 0.267 e. The lowest BCUT2D eigenvalue weighted by atomic mass is 10.6. The number of nitrogens with zero attached hydrogens (tertiary/aromatic N) is 1. The minimum Gasteiger partial charge on any atom is -0.311 e. The zero-order valence-electron chi connectivity index (χ0n) is 6.38. The van der Waals surface area contributed by atoms with Crippen molar-refractivity contribution in [3.05, 3.63) is 0 Å². The summed E-state index contributed by atoms with van der Waals surface area (Å²) in [5, 5.41) is 2.62. The predicted molar refractivity (Wildman–Crippen MR) is 41.4 cm³/mol. The number of rotatable bonds is 2. The zero-order chi connectivity index (χ0) is 8.20. The first-order valence-corrected chi connectivity index (χ1v) is 5.13. The van der Waals surface area contributed by atoms with E-state index in [1.54, 1.807) is 7.05 Å². The molecule has 5 heteroatoms. The minimum absolute atomic E-state index is 0.151. The molecule has 0 saturated heterocycles. The molecule has 10 heavy (non-hydrogen) atoms. The highest BCUT2D eigenvalue weighted by molar-refractivity contribution is 7.92. The van der Waals surface area contributed by atoms with Crippen molar-refractivity contribution in [3.8, 4) is 0 Å². The van der Waals surface area contributed by atoms with Crippen LogP contribution in [0.3, 0.4) is 0 Å². The Kier molecular flexibility index (Phi) is 3.52. The van der Waals surface area contributed by atoms with Gasteiger partial charge in [0.1, 0.15) is 0 Å². The third-order valence-electron chi connectivity index (χ3n) is 0.650. The van der Waals surface area contributed by atoms with E-state index in [2.05, 4.69) is 9.68 Å². The molecule has 0 saturated carbocycles. The molecule has 0 atom stereocenters. The molecule has 0 aromatic heterocycles. The Morgan fingerprint density at radius 2 is 2.10 bits per heavy atom. The third kappa shape index (κ3) is 5.71. The fourth-order valence-corrected chi connectivity index (χ4v) is 0.984. The first kappa shape index (κ1) is 9.58. The third-order valence-corrected chi connectivity index (χ3v) is 1.29. The number of hydrogen-bond donors (Lipinski definition) is 1. The van der Waals surface area contributed by atoms with E-state index < -0.39 is 9.73 Å².